The SMILES string of the molecule is CCOc1ccc(Nc2cc(C)nc(NC(=S)NCCNc3ccnc4cc(Cl)ccc34)n2)cc1. The summed E-state index contributed by atoms with van der Waals surface area (Å²) < 4.78 is 5.48. The van der Waals surface area contributed by atoms with E-state index in [1.54, 1.807) is 6.20 Å². The molecule has 35 heavy (non-hydrogen) atoms. The van der Waals surface area contributed by atoms with Gasteiger partial charge in [0.15, 0.2) is 5.11 Å². The molecule has 2 aromatic heterocycles. The van der Waals surface area contributed by atoms with E-state index in [0.29, 0.717) is 41.6 Å². The van der Waals surface area contributed by atoms with Crippen molar-refractivity contribution >= 4 is 63.0 Å². The van der Waals surface area contributed by atoms with E-state index in [1.807, 2.05) is 68.4 Å². The number of hydrogen-bond donors (Lipinski definition) is 4. The number of halogens is 1. The summed E-state index contributed by atoms with van der Waals surface area (Å²) in [6, 6.07) is 17.2. The van der Waals surface area contributed by atoms with E-state index < -0.39 is 0 Å². The highest BCUT2D eigenvalue weighted by Crippen LogP contribution is 2.24. The largest absolute Gasteiger partial charge is 0.494 e. The van der Waals surface area contributed by atoms with Crippen molar-refractivity contribution in [3.05, 3.63) is 71.5 Å². The fraction of sp³-hybridized carbons (Fsp3) is 0.200. The number of nitrogens with one attached hydrogen (secondary N) is 4. The third-order valence-electron chi connectivity index (χ3n) is 4.95. The molecule has 0 spiro atoms. The molecule has 4 aromatic rings. The Morgan fingerprint density at radius 1 is 1.03 bits per heavy atom. The maximum absolute atomic E-state index is 6.06. The average Bonchev–Trinajstić information content (AvgIpc) is 2.82. The number of anilines is 4. The molecule has 0 unspecified atom stereocenters. The van der Waals surface area contributed by atoms with Gasteiger partial charge in [-0.3, -0.25) is 4.98 Å². The van der Waals surface area contributed by atoms with Gasteiger partial charge in [-0.25, -0.2) is 4.98 Å². The molecule has 0 atom stereocenters. The third-order valence-corrected chi connectivity index (χ3v) is 5.43. The molecule has 180 valence electrons. The lowest BCUT2D eigenvalue weighted by molar-refractivity contribution is 0.340. The van der Waals surface area contributed by atoms with E-state index >= 15 is 0 Å². The summed E-state index contributed by atoms with van der Waals surface area (Å²) >= 11 is 11.5. The van der Waals surface area contributed by atoms with Gasteiger partial charge in [0.05, 0.1) is 12.1 Å². The number of rotatable bonds is 9. The molecule has 0 radical (unpaired) electrons. The van der Waals surface area contributed by atoms with Crippen molar-refractivity contribution in [2.75, 3.05) is 35.6 Å². The van der Waals surface area contributed by atoms with Crippen molar-refractivity contribution in [2.45, 2.75) is 13.8 Å². The zero-order valence-corrected chi connectivity index (χ0v) is 21.0. The van der Waals surface area contributed by atoms with Crippen LogP contribution in [-0.4, -0.2) is 39.8 Å². The van der Waals surface area contributed by atoms with Crippen molar-refractivity contribution in [1.82, 2.24) is 20.3 Å². The predicted molar refractivity (Wildman–Crippen MR) is 147 cm³/mol. The normalized spacial score (nSPS) is 10.6. The van der Waals surface area contributed by atoms with Crippen molar-refractivity contribution in [1.29, 1.82) is 0 Å². The van der Waals surface area contributed by atoms with Crippen LogP contribution in [0, 0.1) is 6.92 Å². The topological polar surface area (TPSA) is 96.0 Å². The van der Waals surface area contributed by atoms with Gasteiger partial charge in [0, 0.05) is 52.8 Å². The molecular weight excluding hydrogens is 482 g/mol. The molecule has 0 bridgehead atoms. The number of fused-ring (bicyclic) bond motifs is 1. The van der Waals surface area contributed by atoms with Crippen molar-refractivity contribution in [3.63, 3.8) is 0 Å². The van der Waals surface area contributed by atoms with E-state index in [4.69, 9.17) is 28.6 Å². The van der Waals surface area contributed by atoms with Gasteiger partial charge in [0.1, 0.15) is 11.6 Å². The van der Waals surface area contributed by atoms with E-state index in [-0.39, 0.29) is 0 Å². The Bertz CT molecular complexity index is 1320. The number of nitrogens with zero attached hydrogens (tertiary/aromatic N) is 3. The quantitative estimate of drug-likeness (QED) is 0.172. The average molecular weight is 508 g/mol. The lowest BCUT2D eigenvalue weighted by Crippen LogP contribution is -2.33. The van der Waals surface area contributed by atoms with Crippen LogP contribution in [-0.2, 0) is 0 Å². The second kappa shape index (κ2) is 11.6. The molecule has 0 aliphatic carbocycles. The van der Waals surface area contributed by atoms with Crippen molar-refractivity contribution in [3.8, 4) is 5.75 Å². The van der Waals surface area contributed by atoms with E-state index in [0.717, 1.165) is 33.7 Å². The van der Waals surface area contributed by atoms with Crippen molar-refractivity contribution < 1.29 is 4.74 Å². The number of hydrogen-bond acceptors (Lipinski definition) is 7. The molecule has 2 aromatic carbocycles. The van der Waals surface area contributed by atoms with Gasteiger partial charge in [0.25, 0.3) is 0 Å². The van der Waals surface area contributed by atoms with Gasteiger partial charge in [0.2, 0.25) is 5.95 Å². The van der Waals surface area contributed by atoms with E-state index in [2.05, 4.69) is 36.2 Å². The Morgan fingerprint density at radius 2 is 1.86 bits per heavy atom. The number of ether oxygens (including phenoxy) is 1. The summed E-state index contributed by atoms with van der Waals surface area (Å²) in [6.45, 7) is 5.75. The number of benzene rings is 2. The zero-order chi connectivity index (χ0) is 24.6. The first-order valence-electron chi connectivity index (χ1n) is 11.2. The van der Waals surface area contributed by atoms with Crippen LogP contribution in [0.2, 0.25) is 5.02 Å². The fourth-order valence-electron chi connectivity index (χ4n) is 3.43. The summed E-state index contributed by atoms with van der Waals surface area (Å²) in [5.74, 6) is 1.91. The van der Waals surface area contributed by atoms with Crippen LogP contribution in [0.25, 0.3) is 10.9 Å². The Kier molecular flexibility index (Phi) is 8.12. The van der Waals surface area contributed by atoms with Crippen LogP contribution in [0.1, 0.15) is 12.6 Å². The monoisotopic (exact) mass is 507 g/mol. The summed E-state index contributed by atoms with van der Waals surface area (Å²) in [7, 11) is 0. The molecule has 8 nitrogen and oxygen atoms in total. The molecule has 0 aliphatic rings. The molecule has 0 amide bonds. The second-order valence-corrected chi connectivity index (χ2v) is 8.47. The zero-order valence-electron chi connectivity index (χ0n) is 19.4. The molecule has 0 fully saturated rings. The molecular formula is C25H26ClN7OS. The number of pyridine rings is 1. The Labute approximate surface area is 214 Å². The maximum Gasteiger partial charge on any atom is 0.231 e. The van der Waals surface area contributed by atoms with Crippen LogP contribution in [0.5, 0.6) is 5.75 Å². The Morgan fingerprint density at radius 3 is 2.66 bits per heavy atom. The number of thiocarbonyl (C=S) groups is 1. The molecule has 10 heteroatoms. The van der Waals surface area contributed by atoms with Crippen molar-refractivity contribution in [2.24, 2.45) is 0 Å². The molecule has 4 N–H and O–H groups in total. The van der Waals surface area contributed by atoms with Gasteiger partial charge in [-0.2, -0.15) is 4.98 Å². The highest BCUT2D eigenvalue weighted by atomic mass is 35.5. The summed E-state index contributed by atoms with van der Waals surface area (Å²) in [6.07, 6.45) is 1.76. The highest BCUT2D eigenvalue weighted by Gasteiger charge is 2.06. The molecule has 2 heterocycles. The first-order valence-corrected chi connectivity index (χ1v) is 12.0. The minimum atomic E-state index is 0.418. The summed E-state index contributed by atoms with van der Waals surface area (Å²) in [5, 5.41) is 15.0. The first-order chi connectivity index (χ1) is 17.0. The Hall–Kier alpha value is -3.69. The number of aryl methyl sites for hydroxylation is 1. The molecule has 0 aliphatic heterocycles. The van der Waals surface area contributed by atoms with Gasteiger partial charge in [-0.1, -0.05) is 11.6 Å². The fourth-order valence-corrected chi connectivity index (χ4v) is 3.79. The molecule has 0 saturated heterocycles. The minimum absolute atomic E-state index is 0.418. The second-order valence-electron chi connectivity index (χ2n) is 7.63. The minimum Gasteiger partial charge on any atom is -0.494 e. The van der Waals surface area contributed by atoms with Crippen LogP contribution < -0.4 is 26.0 Å². The molecule has 0 saturated carbocycles. The molecule has 4 rings (SSSR count). The van der Waals surface area contributed by atoms with Crippen LogP contribution in [0.4, 0.5) is 23.1 Å². The van der Waals surface area contributed by atoms with E-state index in [9.17, 15) is 0 Å². The lowest BCUT2D eigenvalue weighted by atomic mass is 10.2. The van der Waals surface area contributed by atoms with E-state index in [1.165, 1.54) is 0 Å². The smallest absolute Gasteiger partial charge is 0.231 e. The van der Waals surface area contributed by atoms with Gasteiger partial charge in [-0.05, 0) is 74.6 Å². The van der Waals surface area contributed by atoms with Crippen LogP contribution in [0.3, 0.4) is 0 Å². The lowest BCUT2D eigenvalue weighted by Gasteiger charge is -2.13. The standard InChI is InChI=1S/C25H26ClN7OS/c1-3-34-19-7-5-18(6-8-19)31-23-14-16(2)30-24(32-23)33-25(35)29-13-12-28-21-10-11-27-22-15-17(26)4-9-20(21)22/h4-11,14-15H,3,12-13H2,1-2H3,(H,27,28)(H3,29,30,31,32,33,35). The van der Waals surface area contributed by atoms with Gasteiger partial charge >= 0.3 is 0 Å². The van der Waals surface area contributed by atoms with Gasteiger partial charge in [-0.15, -0.1) is 0 Å². The van der Waals surface area contributed by atoms with Crippen LogP contribution in [0.15, 0.2) is 60.8 Å². The maximum atomic E-state index is 6.06. The summed E-state index contributed by atoms with van der Waals surface area (Å²) in [5.41, 5.74) is 3.54. The Balaban J connectivity index is 1.29. The highest BCUT2D eigenvalue weighted by molar-refractivity contribution is 7.80. The van der Waals surface area contributed by atoms with Crippen LogP contribution >= 0.6 is 23.8 Å². The third kappa shape index (κ3) is 6.91. The van der Waals surface area contributed by atoms with Gasteiger partial charge < -0.3 is 26.0 Å². The number of aromatic nitrogens is 3. The first kappa shape index (κ1) is 24.4. The summed E-state index contributed by atoms with van der Waals surface area (Å²) in [4.78, 5) is 13.3. The predicted octanol–water partition coefficient (Wildman–Crippen LogP) is 5.53.